The lowest BCUT2D eigenvalue weighted by Gasteiger charge is -2.12. The lowest BCUT2D eigenvalue weighted by molar-refractivity contribution is -0.384. The minimum Gasteiger partial charge on any atom is -0.431 e. The molecule has 0 fully saturated rings. The number of hydrogen-bond acceptors (Lipinski definition) is 6. The first-order valence-electron chi connectivity index (χ1n) is 8.24. The zero-order chi connectivity index (χ0) is 17.6. The number of nitrogens with one attached hydrogen (secondary N) is 1. The summed E-state index contributed by atoms with van der Waals surface area (Å²) in [6.45, 7) is 0.644. The van der Waals surface area contributed by atoms with Gasteiger partial charge in [0.05, 0.1) is 10.7 Å². The second-order valence-electron chi connectivity index (χ2n) is 5.89. The fourth-order valence-electron chi connectivity index (χ4n) is 2.74. The number of amides is 1. The van der Waals surface area contributed by atoms with E-state index in [9.17, 15) is 14.9 Å². The first-order valence-corrected chi connectivity index (χ1v) is 9.23. The van der Waals surface area contributed by atoms with Gasteiger partial charge in [0.25, 0.3) is 10.9 Å². The van der Waals surface area contributed by atoms with Gasteiger partial charge >= 0.3 is 0 Å². The number of allylic oxidation sites excluding steroid dienone is 1. The molecule has 25 heavy (non-hydrogen) atoms. The van der Waals surface area contributed by atoms with Crippen molar-refractivity contribution in [3.63, 3.8) is 0 Å². The van der Waals surface area contributed by atoms with Crippen LogP contribution in [-0.2, 0) is 4.79 Å². The van der Waals surface area contributed by atoms with Gasteiger partial charge in [-0.25, -0.2) is 4.98 Å². The van der Waals surface area contributed by atoms with Crippen molar-refractivity contribution in [1.29, 1.82) is 0 Å². The maximum Gasteiger partial charge on any atom is 0.271 e. The molecule has 0 saturated carbocycles. The normalized spacial score (nSPS) is 14.3. The second kappa shape index (κ2) is 8.15. The van der Waals surface area contributed by atoms with Crippen molar-refractivity contribution in [3.8, 4) is 0 Å². The number of carbonyl (C=O) groups is 1. The number of nitrogens with zero attached hydrogens (tertiary/aromatic N) is 2. The van der Waals surface area contributed by atoms with E-state index in [2.05, 4.69) is 16.4 Å². The molecule has 7 nitrogen and oxygen atoms in total. The average Bonchev–Trinajstić information content (AvgIpc) is 3.03. The van der Waals surface area contributed by atoms with Crippen LogP contribution in [0.3, 0.4) is 0 Å². The van der Waals surface area contributed by atoms with Crippen LogP contribution in [0.15, 0.2) is 39.5 Å². The minimum atomic E-state index is -0.476. The van der Waals surface area contributed by atoms with Gasteiger partial charge in [-0.15, -0.1) is 0 Å². The SMILES string of the molecule is O=C(CSc1nc2cc([N+](=O)[O-])ccc2o1)NCCC1=CCCCC1. The molecule has 1 aromatic carbocycles. The molecule has 132 valence electrons. The largest absolute Gasteiger partial charge is 0.431 e. The molecule has 0 unspecified atom stereocenters. The van der Waals surface area contributed by atoms with Gasteiger partial charge < -0.3 is 9.73 Å². The molecular weight excluding hydrogens is 342 g/mol. The highest BCUT2D eigenvalue weighted by molar-refractivity contribution is 7.99. The third-order valence-electron chi connectivity index (χ3n) is 4.04. The predicted octanol–water partition coefficient (Wildman–Crippen LogP) is 3.83. The monoisotopic (exact) mass is 361 g/mol. The van der Waals surface area contributed by atoms with E-state index < -0.39 is 4.92 Å². The van der Waals surface area contributed by atoms with Gasteiger partial charge in [-0.3, -0.25) is 14.9 Å². The molecule has 1 amide bonds. The lowest BCUT2D eigenvalue weighted by atomic mass is 9.97. The molecule has 1 heterocycles. The number of carbonyl (C=O) groups excluding carboxylic acids is 1. The number of non-ortho nitro benzene ring substituents is 1. The van der Waals surface area contributed by atoms with Crippen molar-refractivity contribution in [2.75, 3.05) is 12.3 Å². The summed E-state index contributed by atoms with van der Waals surface area (Å²) in [5.74, 6) is 0.128. The Morgan fingerprint density at radius 3 is 3.04 bits per heavy atom. The Morgan fingerprint density at radius 2 is 2.28 bits per heavy atom. The summed E-state index contributed by atoms with van der Waals surface area (Å²) in [4.78, 5) is 26.4. The molecule has 0 saturated heterocycles. The van der Waals surface area contributed by atoms with E-state index in [4.69, 9.17) is 4.42 Å². The van der Waals surface area contributed by atoms with E-state index in [1.807, 2.05) is 0 Å². The third kappa shape index (κ3) is 4.82. The summed E-state index contributed by atoms with van der Waals surface area (Å²) in [5.41, 5.74) is 2.28. The van der Waals surface area contributed by atoms with Crippen molar-refractivity contribution in [3.05, 3.63) is 40.0 Å². The van der Waals surface area contributed by atoms with Crippen LogP contribution in [0, 0.1) is 10.1 Å². The maximum absolute atomic E-state index is 11.9. The van der Waals surface area contributed by atoms with Crippen LogP contribution in [0.1, 0.15) is 32.1 Å². The number of aromatic nitrogens is 1. The van der Waals surface area contributed by atoms with E-state index in [0.29, 0.717) is 22.9 Å². The zero-order valence-corrected chi connectivity index (χ0v) is 14.5. The maximum atomic E-state index is 11.9. The summed E-state index contributed by atoms with van der Waals surface area (Å²) in [5, 5.41) is 14.0. The van der Waals surface area contributed by atoms with Gasteiger partial charge in [-0.2, -0.15) is 0 Å². The van der Waals surface area contributed by atoms with Crippen molar-refractivity contribution in [1.82, 2.24) is 10.3 Å². The van der Waals surface area contributed by atoms with Gasteiger partial charge in [-0.05, 0) is 38.2 Å². The third-order valence-corrected chi connectivity index (χ3v) is 4.87. The summed E-state index contributed by atoms with van der Waals surface area (Å²) < 4.78 is 5.49. The van der Waals surface area contributed by atoms with Crippen LogP contribution in [0.2, 0.25) is 0 Å². The predicted molar refractivity (Wildman–Crippen MR) is 95.6 cm³/mol. The number of benzene rings is 1. The van der Waals surface area contributed by atoms with E-state index >= 15 is 0 Å². The van der Waals surface area contributed by atoms with E-state index in [0.717, 1.165) is 19.3 Å². The smallest absolute Gasteiger partial charge is 0.271 e. The van der Waals surface area contributed by atoms with E-state index in [-0.39, 0.29) is 17.3 Å². The number of oxazole rings is 1. The Labute approximate surface area is 149 Å². The van der Waals surface area contributed by atoms with E-state index in [1.165, 1.54) is 48.4 Å². The van der Waals surface area contributed by atoms with Crippen molar-refractivity contribution < 1.29 is 14.1 Å². The molecule has 0 radical (unpaired) electrons. The Kier molecular flexibility index (Phi) is 5.70. The lowest BCUT2D eigenvalue weighted by Crippen LogP contribution is -2.26. The standard InChI is InChI=1S/C17H19N3O4S/c21-16(18-9-8-12-4-2-1-3-5-12)11-25-17-19-14-10-13(20(22)23)6-7-15(14)24-17/h4,6-7,10H,1-3,5,8-9,11H2,(H,18,21). The van der Waals surface area contributed by atoms with Crippen LogP contribution >= 0.6 is 11.8 Å². The molecule has 2 aromatic rings. The minimum absolute atomic E-state index is 0.0351. The molecule has 1 aliphatic rings. The zero-order valence-electron chi connectivity index (χ0n) is 13.7. The first-order chi connectivity index (χ1) is 12.1. The highest BCUT2D eigenvalue weighted by Gasteiger charge is 2.13. The second-order valence-corrected chi connectivity index (χ2v) is 6.81. The molecule has 1 aliphatic carbocycles. The van der Waals surface area contributed by atoms with Crippen LogP contribution < -0.4 is 5.32 Å². The number of thioether (sulfide) groups is 1. The van der Waals surface area contributed by atoms with E-state index in [1.54, 1.807) is 0 Å². The molecule has 8 heteroatoms. The van der Waals surface area contributed by atoms with Gasteiger partial charge in [0.1, 0.15) is 5.52 Å². The number of fused-ring (bicyclic) bond motifs is 1. The summed E-state index contributed by atoms with van der Waals surface area (Å²) in [6.07, 6.45) is 7.98. The number of nitro benzene ring substituents is 1. The van der Waals surface area contributed by atoms with Gasteiger partial charge in [0, 0.05) is 18.7 Å². The van der Waals surface area contributed by atoms with Crippen LogP contribution in [0.5, 0.6) is 0 Å². The summed E-state index contributed by atoms with van der Waals surface area (Å²) in [7, 11) is 0. The Bertz CT molecular complexity index is 815. The molecule has 1 aromatic heterocycles. The first kappa shape index (κ1) is 17.5. The number of rotatable bonds is 7. The Morgan fingerprint density at radius 1 is 1.40 bits per heavy atom. The molecule has 3 rings (SSSR count). The quantitative estimate of drug-likeness (QED) is 0.348. The topological polar surface area (TPSA) is 98.3 Å². The highest BCUT2D eigenvalue weighted by Crippen LogP contribution is 2.26. The molecule has 0 spiro atoms. The average molecular weight is 361 g/mol. The summed E-state index contributed by atoms with van der Waals surface area (Å²) >= 11 is 1.18. The van der Waals surface area contributed by atoms with Crippen LogP contribution in [0.4, 0.5) is 5.69 Å². The van der Waals surface area contributed by atoms with Crippen molar-refractivity contribution in [2.45, 2.75) is 37.3 Å². The molecule has 0 atom stereocenters. The molecule has 0 aliphatic heterocycles. The molecule has 1 N–H and O–H groups in total. The Hall–Kier alpha value is -2.35. The van der Waals surface area contributed by atoms with Gasteiger partial charge in [0.15, 0.2) is 5.58 Å². The molecule has 0 bridgehead atoms. The highest BCUT2D eigenvalue weighted by atomic mass is 32.2. The van der Waals surface area contributed by atoms with Crippen molar-refractivity contribution in [2.24, 2.45) is 0 Å². The van der Waals surface area contributed by atoms with Crippen LogP contribution in [-0.4, -0.2) is 28.1 Å². The fourth-order valence-corrected chi connectivity index (χ4v) is 3.41. The summed E-state index contributed by atoms with van der Waals surface area (Å²) in [6, 6.07) is 4.25. The number of nitro groups is 1. The Balaban J connectivity index is 1.47. The van der Waals surface area contributed by atoms with Gasteiger partial charge in [0.2, 0.25) is 5.91 Å². The number of hydrogen-bond donors (Lipinski definition) is 1. The van der Waals surface area contributed by atoms with Crippen LogP contribution in [0.25, 0.3) is 11.1 Å². The fraction of sp³-hybridized carbons (Fsp3) is 0.412. The van der Waals surface area contributed by atoms with Crippen molar-refractivity contribution >= 4 is 34.5 Å². The van der Waals surface area contributed by atoms with Gasteiger partial charge in [-0.1, -0.05) is 23.4 Å². The molecular formula is C17H19N3O4S.